The number of amides is 1. The Balaban J connectivity index is 1.43. The minimum absolute atomic E-state index is 0.109. The summed E-state index contributed by atoms with van der Waals surface area (Å²) in [5.74, 6) is 0. The van der Waals surface area contributed by atoms with Crippen molar-refractivity contribution in [2.75, 3.05) is 31.1 Å². The number of benzene rings is 1. The molecule has 0 saturated carbocycles. The Bertz CT molecular complexity index is 971. The predicted octanol–water partition coefficient (Wildman–Crippen LogP) is 4.57. The molecule has 1 amide bonds. The van der Waals surface area contributed by atoms with Crippen LogP contribution in [-0.2, 0) is 11.2 Å². The third kappa shape index (κ3) is 4.85. The van der Waals surface area contributed by atoms with E-state index in [1.165, 1.54) is 6.07 Å². The van der Waals surface area contributed by atoms with E-state index in [1.54, 1.807) is 23.2 Å². The van der Waals surface area contributed by atoms with Gasteiger partial charge in [0, 0.05) is 37.0 Å². The van der Waals surface area contributed by atoms with Gasteiger partial charge in [0.2, 0.25) is 0 Å². The standard InChI is InChI=1S/C22H27F3N4O2/c1-20(2,3)31-19(30)28-8-6-21(7-9-28)13-29(14-21)18-12-26-27-17-5-4-15(10-16(17)18)11-22(23,24)25/h4-5,10,12H,6-9,11,13-14H2,1-3H3. The Morgan fingerprint density at radius 1 is 1.16 bits per heavy atom. The van der Waals surface area contributed by atoms with E-state index in [1.807, 2.05) is 20.8 Å². The lowest BCUT2D eigenvalue weighted by atomic mass is 9.71. The lowest BCUT2D eigenvalue weighted by Gasteiger charge is -2.55. The average molecular weight is 436 g/mol. The van der Waals surface area contributed by atoms with Crippen LogP contribution in [0.15, 0.2) is 24.4 Å². The van der Waals surface area contributed by atoms with Gasteiger partial charge in [0.05, 0.1) is 23.8 Å². The zero-order chi connectivity index (χ0) is 22.4. The summed E-state index contributed by atoms with van der Waals surface area (Å²) in [6.07, 6.45) is -2.12. The molecular formula is C22H27F3N4O2. The van der Waals surface area contributed by atoms with Crippen molar-refractivity contribution in [3.05, 3.63) is 30.0 Å². The van der Waals surface area contributed by atoms with E-state index in [-0.39, 0.29) is 17.1 Å². The number of carbonyl (C=O) groups excluding carboxylic acids is 1. The molecule has 3 heterocycles. The van der Waals surface area contributed by atoms with E-state index in [0.29, 0.717) is 24.0 Å². The SMILES string of the molecule is CC(C)(C)OC(=O)N1CCC2(CC1)CN(c1cnnc3ccc(CC(F)(F)F)cc13)C2. The lowest BCUT2D eigenvalue weighted by Crippen LogP contribution is -2.61. The van der Waals surface area contributed by atoms with Gasteiger partial charge in [-0.05, 0) is 51.3 Å². The van der Waals surface area contributed by atoms with Crippen molar-refractivity contribution in [2.24, 2.45) is 5.41 Å². The molecule has 0 bridgehead atoms. The molecule has 6 nitrogen and oxygen atoms in total. The predicted molar refractivity (Wildman–Crippen MR) is 111 cm³/mol. The summed E-state index contributed by atoms with van der Waals surface area (Å²) in [7, 11) is 0. The van der Waals surface area contributed by atoms with Crippen molar-refractivity contribution in [2.45, 2.75) is 51.8 Å². The van der Waals surface area contributed by atoms with E-state index >= 15 is 0 Å². The van der Waals surface area contributed by atoms with Crippen molar-refractivity contribution in [3.63, 3.8) is 0 Å². The number of aromatic nitrogens is 2. The Hall–Kier alpha value is -2.58. The van der Waals surface area contributed by atoms with Gasteiger partial charge in [-0.2, -0.15) is 23.4 Å². The van der Waals surface area contributed by atoms with Gasteiger partial charge in [-0.3, -0.25) is 0 Å². The van der Waals surface area contributed by atoms with Gasteiger partial charge in [0.15, 0.2) is 0 Å². The quantitative estimate of drug-likeness (QED) is 0.690. The second kappa shape index (κ2) is 7.53. The third-order valence-corrected chi connectivity index (χ3v) is 5.96. The van der Waals surface area contributed by atoms with Crippen LogP contribution in [0.3, 0.4) is 0 Å². The van der Waals surface area contributed by atoms with Crippen LogP contribution >= 0.6 is 0 Å². The third-order valence-electron chi connectivity index (χ3n) is 5.96. The summed E-state index contributed by atoms with van der Waals surface area (Å²) >= 11 is 0. The summed E-state index contributed by atoms with van der Waals surface area (Å²) in [4.78, 5) is 16.2. The molecule has 0 radical (unpaired) electrons. The molecule has 168 valence electrons. The minimum Gasteiger partial charge on any atom is -0.444 e. The van der Waals surface area contributed by atoms with Crippen LogP contribution in [-0.4, -0.2) is 59.1 Å². The molecule has 1 spiro atoms. The Morgan fingerprint density at radius 2 is 1.84 bits per heavy atom. The van der Waals surface area contributed by atoms with Crippen LogP contribution in [0.1, 0.15) is 39.2 Å². The Kier molecular flexibility index (Phi) is 5.26. The monoisotopic (exact) mass is 436 g/mol. The van der Waals surface area contributed by atoms with Gasteiger partial charge < -0.3 is 14.5 Å². The summed E-state index contributed by atoms with van der Waals surface area (Å²) in [5.41, 5.74) is 1.21. The molecule has 2 fully saturated rings. The lowest BCUT2D eigenvalue weighted by molar-refractivity contribution is -0.127. The highest BCUT2D eigenvalue weighted by atomic mass is 19.4. The zero-order valence-electron chi connectivity index (χ0n) is 18.0. The van der Waals surface area contributed by atoms with Crippen LogP contribution < -0.4 is 4.90 Å². The first-order valence-corrected chi connectivity index (χ1v) is 10.5. The van der Waals surface area contributed by atoms with Crippen molar-refractivity contribution >= 4 is 22.7 Å². The van der Waals surface area contributed by atoms with E-state index in [9.17, 15) is 18.0 Å². The van der Waals surface area contributed by atoms with Crippen molar-refractivity contribution in [3.8, 4) is 0 Å². The molecule has 9 heteroatoms. The van der Waals surface area contributed by atoms with Gasteiger partial charge in [0.25, 0.3) is 0 Å². The topological polar surface area (TPSA) is 58.6 Å². The highest BCUT2D eigenvalue weighted by molar-refractivity contribution is 5.91. The number of carbonyl (C=O) groups is 1. The second-order valence-electron chi connectivity index (χ2n) is 9.70. The molecule has 1 aromatic heterocycles. The number of likely N-dealkylation sites (tertiary alicyclic amines) is 1. The van der Waals surface area contributed by atoms with E-state index in [0.717, 1.165) is 31.6 Å². The fraction of sp³-hybridized carbons (Fsp3) is 0.591. The van der Waals surface area contributed by atoms with Gasteiger partial charge in [-0.15, -0.1) is 0 Å². The molecule has 4 rings (SSSR count). The van der Waals surface area contributed by atoms with Crippen LogP contribution in [0.2, 0.25) is 0 Å². The molecule has 0 unspecified atom stereocenters. The second-order valence-corrected chi connectivity index (χ2v) is 9.70. The summed E-state index contributed by atoms with van der Waals surface area (Å²) < 4.78 is 43.9. The van der Waals surface area contributed by atoms with Gasteiger partial charge >= 0.3 is 12.3 Å². The van der Waals surface area contributed by atoms with E-state index in [4.69, 9.17) is 4.74 Å². The number of hydrogen-bond acceptors (Lipinski definition) is 5. The molecule has 2 aliphatic heterocycles. The van der Waals surface area contributed by atoms with Gasteiger partial charge in [-0.25, -0.2) is 4.79 Å². The molecule has 1 aromatic carbocycles. The molecular weight excluding hydrogens is 409 g/mol. The van der Waals surface area contributed by atoms with Crippen molar-refractivity contribution in [1.82, 2.24) is 15.1 Å². The largest absolute Gasteiger partial charge is 0.444 e. The highest BCUT2D eigenvalue weighted by Crippen LogP contribution is 2.44. The maximum Gasteiger partial charge on any atom is 0.410 e. The smallest absolute Gasteiger partial charge is 0.410 e. The van der Waals surface area contributed by atoms with Crippen LogP contribution in [0.5, 0.6) is 0 Å². The number of halogens is 3. The minimum atomic E-state index is -4.25. The molecule has 2 aliphatic rings. The summed E-state index contributed by atoms with van der Waals surface area (Å²) in [6.45, 7) is 8.44. The number of rotatable bonds is 2. The maximum atomic E-state index is 12.8. The maximum absolute atomic E-state index is 12.8. The Morgan fingerprint density at radius 3 is 2.45 bits per heavy atom. The van der Waals surface area contributed by atoms with Crippen molar-refractivity contribution in [1.29, 1.82) is 0 Å². The first-order chi connectivity index (χ1) is 14.4. The number of nitrogens with zero attached hydrogens (tertiary/aromatic N) is 4. The van der Waals surface area contributed by atoms with Gasteiger partial charge in [-0.1, -0.05) is 6.07 Å². The first-order valence-electron chi connectivity index (χ1n) is 10.5. The van der Waals surface area contributed by atoms with Crippen LogP contribution in [0, 0.1) is 5.41 Å². The summed E-state index contributed by atoms with van der Waals surface area (Å²) in [5, 5.41) is 8.80. The summed E-state index contributed by atoms with van der Waals surface area (Å²) in [6, 6.07) is 4.63. The van der Waals surface area contributed by atoms with Crippen molar-refractivity contribution < 1.29 is 22.7 Å². The number of hydrogen-bond donors (Lipinski definition) is 0. The fourth-order valence-electron chi connectivity index (χ4n) is 4.42. The highest BCUT2D eigenvalue weighted by Gasteiger charge is 2.46. The number of alkyl halides is 3. The zero-order valence-corrected chi connectivity index (χ0v) is 18.0. The van der Waals surface area contributed by atoms with Crippen LogP contribution in [0.25, 0.3) is 10.9 Å². The normalized spacial score (nSPS) is 18.9. The molecule has 2 aromatic rings. The first kappa shape index (κ1) is 21.6. The van der Waals surface area contributed by atoms with E-state index in [2.05, 4.69) is 15.1 Å². The fourth-order valence-corrected chi connectivity index (χ4v) is 4.42. The average Bonchev–Trinajstić information content (AvgIpc) is 2.63. The molecule has 2 saturated heterocycles. The molecule has 0 N–H and O–H groups in total. The number of piperidine rings is 1. The Labute approximate surface area is 179 Å². The van der Waals surface area contributed by atoms with E-state index < -0.39 is 18.2 Å². The molecule has 31 heavy (non-hydrogen) atoms. The number of fused-ring (bicyclic) bond motifs is 1. The van der Waals surface area contributed by atoms with Gasteiger partial charge in [0.1, 0.15) is 5.60 Å². The number of anilines is 1. The number of ether oxygens (including phenoxy) is 1. The molecule has 0 atom stereocenters. The van der Waals surface area contributed by atoms with Crippen LogP contribution in [0.4, 0.5) is 23.7 Å². The molecule has 0 aliphatic carbocycles.